The Kier molecular flexibility index (Phi) is 3.44. The van der Waals surface area contributed by atoms with Crippen LogP contribution >= 0.6 is 15.9 Å². The fraction of sp³-hybridized carbons (Fsp3) is 0.455. The van der Waals surface area contributed by atoms with Gasteiger partial charge in [-0.15, -0.1) is 0 Å². The highest BCUT2D eigenvalue weighted by Gasteiger charge is 2.26. The molecule has 1 aliphatic carbocycles. The van der Waals surface area contributed by atoms with Crippen molar-refractivity contribution < 1.29 is 13.9 Å². The Balaban J connectivity index is 2.21. The van der Waals surface area contributed by atoms with Crippen molar-refractivity contribution in [1.29, 1.82) is 0 Å². The summed E-state index contributed by atoms with van der Waals surface area (Å²) >= 11 is 3.01. The van der Waals surface area contributed by atoms with E-state index in [9.17, 15) is 13.9 Å². The second-order valence-electron chi connectivity index (χ2n) is 3.99. The molecule has 88 valence electrons. The van der Waals surface area contributed by atoms with Crippen LogP contribution in [-0.4, -0.2) is 17.3 Å². The van der Waals surface area contributed by atoms with Crippen LogP contribution in [-0.2, 0) is 0 Å². The third-order valence-electron chi connectivity index (χ3n) is 2.82. The van der Waals surface area contributed by atoms with Gasteiger partial charge in [-0.3, -0.25) is 0 Å². The standard InChI is InChI=1S/C11H12BrF2NO/c12-6-4-7(13)11(8(14)5-6)15-9-2-1-3-10(9)16/h4-5,9-10,15-16H,1-3H2. The fourth-order valence-corrected chi connectivity index (χ4v) is 2.38. The number of hydrogen-bond acceptors (Lipinski definition) is 2. The minimum absolute atomic E-state index is 0.158. The molecule has 0 aromatic heterocycles. The van der Waals surface area contributed by atoms with Gasteiger partial charge in [-0.1, -0.05) is 15.9 Å². The van der Waals surface area contributed by atoms with Gasteiger partial charge in [0.25, 0.3) is 0 Å². The van der Waals surface area contributed by atoms with E-state index < -0.39 is 17.7 Å². The molecule has 0 spiro atoms. The second kappa shape index (κ2) is 4.67. The van der Waals surface area contributed by atoms with Crippen molar-refractivity contribution in [3.63, 3.8) is 0 Å². The highest BCUT2D eigenvalue weighted by Crippen LogP contribution is 2.28. The maximum Gasteiger partial charge on any atom is 0.150 e. The Morgan fingerprint density at radius 3 is 2.38 bits per heavy atom. The van der Waals surface area contributed by atoms with E-state index in [1.807, 2.05) is 0 Å². The smallest absolute Gasteiger partial charge is 0.150 e. The van der Waals surface area contributed by atoms with Crippen molar-refractivity contribution in [3.05, 3.63) is 28.2 Å². The predicted octanol–water partition coefficient (Wildman–Crippen LogP) is 3.05. The van der Waals surface area contributed by atoms with Gasteiger partial charge in [0.05, 0.1) is 12.1 Å². The van der Waals surface area contributed by atoms with Gasteiger partial charge in [0.15, 0.2) is 0 Å². The molecule has 0 saturated heterocycles. The first-order valence-corrected chi connectivity index (χ1v) is 5.96. The molecule has 0 heterocycles. The highest BCUT2D eigenvalue weighted by atomic mass is 79.9. The van der Waals surface area contributed by atoms with Crippen LogP contribution in [0.2, 0.25) is 0 Å². The molecular weight excluding hydrogens is 280 g/mol. The van der Waals surface area contributed by atoms with Gasteiger partial charge in [-0.2, -0.15) is 0 Å². The summed E-state index contributed by atoms with van der Waals surface area (Å²) in [5.41, 5.74) is -0.158. The molecule has 0 radical (unpaired) electrons. The lowest BCUT2D eigenvalue weighted by molar-refractivity contribution is 0.171. The normalized spacial score (nSPS) is 24.8. The van der Waals surface area contributed by atoms with E-state index in [2.05, 4.69) is 21.2 Å². The second-order valence-corrected chi connectivity index (χ2v) is 4.91. The van der Waals surface area contributed by atoms with Gasteiger partial charge in [0.1, 0.15) is 17.3 Å². The van der Waals surface area contributed by atoms with E-state index in [4.69, 9.17) is 0 Å². The van der Waals surface area contributed by atoms with Crippen molar-refractivity contribution in [2.75, 3.05) is 5.32 Å². The highest BCUT2D eigenvalue weighted by molar-refractivity contribution is 9.10. The van der Waals surface area contributed by atoms with Crippen molar-refractivity contribution in [2.24, 2.45) is 0 Å². The first-order valence-electron chi connectivity index (χ1n) is 5.17. The lowest BCUT2D eigenvalue weighted by atomic mass is 10.2. The van der Waals surface area contributed by atoms with E-state index >= 15 is 0 Å². The van der Waals surface area contributed by atoms with Crippen LogP contribution in [0.15, 0.2) is 16.6 Å². The summed E-state index contributed by atoms with van der Waals surface area (Å²) in [6.45, 7) is 0. The van der Waals surface area contributed by atoms with Crippen LogP contribution in [0, 0.1) is 11.6 Å². The molecule has 2 rings (SSSR count). The molecule has 0 amide bonds. The zero-order valence-corrected chi connectivity index (χ0v) is 10.1. The third kappa shape index (κ3) is 2.35. The van der Waals surface area contributed by atoms with E-state index in [1.165, 1.54) is 12.1 Å². The van der Waals surface area contributed by atoms with Crippen molar-refractivity contribution in [3.8, 4) is 0 Å². The Morgan fingerprint density at radius 2 is 1.88 bits per heavy atom. The van der Waals surface area contributed by atoms with Crippen molar-refractivity contribution >= 4 is 21.6 Å². The summed E-state index contributed by atoms with van der Waals surface area (Å²) < 4.78 is 27.3. The Hall–Kier alpha value is -0.680. The zero-order valence-electron chi connectivity index (χ0n) is 8.51. The van der Waals surface area contributed by atoms with E-state index in [-0.39, 0.29) is 11.7 Å². The minimum atomic E-state index is -0.647. The first kappa shape index (κ1) is 11.8. The fourth-order valence-electron chi connectivity index (χ4n) is 1.97. The summed E-state index contributed by atoms with van der Waals surface area (Å²) in [5.74, 6) is -1.29. The predicted molar refractivity (Wildman–Crippen MR) is 61.3 cm³/mol. The lowest BCUT2D eigenvalue weighted by Gasteiger charge is -2.18. The van der Waals surface area contributed by atoms with Crippen LogP contribution in [0.1, 0.15) is 19.3 Å². The Bertz CT molecular complexity index is 377. The SMILES string of the molecule is OC1CCCC1Nc1c(F)cc(Br)cc1F. The van der Waals surface area contributed by atoms with Crippen molar-refractivity contribution in [1.82, 2.24) is 0 Å². The molecule has 1 saturated carbocycles. The minimum Gasteiger partial charge on any atom is -0.391 e. The maximum absolute atomic E-state index is 13.5. The van der Waals surface area contributed by atoms with Crippen molar-refractivity contribution in [2.45, 2.75) is 31.4 Å². The summed E-state index contributed by atoms with van der Waals surface area (Å²) in [5, 5.41) is 12.3. The quantitative estimate of drug-likeness (QED) is 0.878. The van der Waals surface area contributed by atoms with Gasteiger partial charge in [0, 0.05) is 4.47 Å². The number of nitrogens with one attached hydrogen (secondary N) is 1. The number of anilines is 1. The van der Waals surface area contributed by atoms with E-state index in [1.54, 1.807) is 0 Å². The molecule has 2 nitrogen and oxygen atoms in total. The van der Waals surface area contributed by atoms with Crippen LogP contribution in [0.5, 0.6) is 0 Å². The number of rotatable bonds is 2. The molecule has 2 atom stereocenters. The molecule has 0 aliphatic heterocycles. The van der Waals surface area contributed by atoms with E-state index in [0.717, 1.165) is 12.8 Å². The van der Waals surface area contributed by atoms with Crippen LogP contribution in [0.3, 0.4) is 0 Å². The topological polar surface area (TPSA) is 32.3 Å². The van der Waals surface area contributed by atoms with Crippen LogP contribution in [0.4, 0.5) is 14.5 Å². The third-order valence-corrected chi connectivity index (χ3v) is 3.27. The summed E-state index contributed by atoms with van der Waals surface area (Å²) in [4.78, 5) is 0. The van der Waals surface area contributed by atoms with Gasteiger partial charge in [0.2, 0.25) is 0 Å². The van der Waals surface area contributed by atoms with Gasteiger partial charge < -0.3 is 10.4 Å². The average molecular weight is 292 g/mol. The Morgan fingerprint density at radius 1 is 1.25 bits per heavy atom. The van der Waals surface area contributed by atoms with E-state index in [0.29, 0.717) is 10.9 Å². The Labute approximate surface area is 101 Å². The average Bonchev–Trinajstić information content (AvgIpc) is 2.57. The molecular formula is C11H12BrF2NO. The van der Waals surface area contributed by atoms with Crippen LogP contribution < -0.4 is 5.32 Å². The molecule has 2 N–H and O–H groups in total. The molecule has 1 fully saturated rings. The zero-order chi connectivity index (χ0) is 11.7. The number of aliphatic hydroxyl groups excluding tert-OH is 1. The van der Waals surface area contributed by atoms with Gasteiger partial charge in [-0.05, 0) is 31.4 Å². The van der Waals surface area contributed by atoms with Crippen LogP contribution in [0.25, 0.3) is 0 Å². The summed E-state index contributed by atoms with van der Waals surface area (Å²) in [6.07, 6.45) is 1.76. The molecule has 5 heteroatoms. The molecule has 1 aromatic carbocycles. The monoisotopic (exact) mass is 291 g/mol. The molecule has 1 aliphatic rings. The number of hydrogen-bond donors (Lipinski definition) is 2. The molecule has 16 heavy (non-hydrogen) atoms. The summed E-state index contributed by atoms with van der Waals surface area (Å²) in [7, 11) is 0. The largest absolute Gasteiger partial charge is 0.391 e. The molecule has 2 unspecified atom stereocenters. The number of aliphatic hydroxyl groups is 1. The summed E-state index contributed by atoms with van der Waals surface area (Å²) in [6, 6.07) is 2.14. The lowest BCUT2D eigenvalue weighted by Crippen LogP contribution is -2.28. The molecule has 1 aromatic rings. The first-order chi connectivity index (χ1) is 7.58. The van der Waals surface area contributed by atoms with Gasteiger partial charge in [-0.25, -0.2) is 8.78 Å². The van der Waals surface area contributed by atoms with Gasteiger partial charge >= 0.3 is 0 Å². The number of benzene rings is 1. The molecule has 0 bridgehead atoms. The number of halogens is 3. The maximum atomic E-state index is 13.5.